The van der Waals surface area contributed by atoms with Gasteiger partial charge < -0.3 is 0 Å². The monoisotopic (exact) mass is 99.0 g/mol. The van der Waals surface area contributed by atoms with E-state index in [-0.39, 0.29) is 0 Å². The minimum absolute atomic E-state index is 1.11. The first-order chi connectivity index (χ1) is 2.91. The molecule has 2 heteroatoms. The first kappa shape index (κ1) is 5.58. The zero-order chi connectivity index (χ0) is 4.83. The highest BCUT2D eigenvalue weighted by atomic mass is 32.2. The molecule has 0 spiro atoms. The number of nitrogens with zero attached hydrogens (tertiary/aromatic N) is 1. The second kappa shape index (κ2) is 4.58. The summed E-state index contributed by atoms with van der Waals surface area (Å²) in [5.41, 5.74) is 0. The Morgan fingerprint density at radius 2 is 2.67 bits per heavy atom. The van der Waals surface area contributed by atoms with Crippen LogP contribution in [-0.2, 0) is 0 Å². The third-order valence-electron chi connectivity index (χ3n) is 0.211. The second-order valence-corrected chi connectivity index (χ2v) is 1.20. The largest absolute Gasteiger partial charge is 0.216 e. The maximum Gasteiger partial charge on any atom is 0.0621 e. The van der Waals surface area contributed by atoms with Crippen LogP contribution >= 0.6 is 11.9 Å². The van der Waals surface area contributed by atoms with Crippen LogP contribution in [0, 0.1) is 11.7 Å². The zero-order valence-corrected chi connectivity index (χ0v) is 4.33. The van der Waals surface area contributed by atoms with Crippen LogP contribution in [0.15, 0.2) is 4.40 Å². The molecule has 0 saturated carbocycles. The van der Waals surface area contributed by atoms with Crippen LogP contribution in [0.1, 0.15) is 6.92 Å². The third kappa shape index (κ3) is 3.58. The Morgan fingerprint density at radius 3 is 2.83 bits per heavy atom. The molecule has 0 N–H and O–H groups in total. The zero-order valence-electron chi connectivity index (χ0n) is 3.51. The quantitative estimate of drug-likeness (QED) is 0.274. The number of hydrogen-bond donors (Lipinski definition) is 0. The molecule has 0 saturated heterocycles. The van der Waals surface area contributed by atoms with E-state index in [1.165, 1.54) is 0 Å². The molecular formula is C4H5NS. The molecule has 0 aromatic carbocycles. The lowest BCUT2D eigenvalue weighted by atomic mass is 10.9. The number of rotatable bonds is 1. The van der Waals surface area contributed by atoms with Crippen molar-refractivity contribution in [2.45, 2.75) is 6.92 Å². The van der Waals surface area contributed by atoms with Crippen LogP contribution in [0.4, 0.5) is 0 Å². The SMILES string of the molecule is C#CSN=CC. The molecule has 1 nitrogen and oxygen atoms in total. The van der Waals surface area contributed by atoms with Crippen molar-refractivity contribution in [1.29, 1.82) is 0 Å². The lowest BCUT2D eigenvalue weighted by Crippen LogP contribution is -1.46. The molecular weight excluding hydrogens is 94.1 g/mol. The van der Waals surface area contributed by atoms with E-state index in [1.54, 1.807) is 6.21 Å². The Morgan fingerprint density at radius 1 is 2.00 bits per heavy atom. The average molecular weight is 99.2 g/mol. The molecule has 0 amide bonds. The molecule has 0 unspecified atom stereocenters. The molecule has 0 aliphatic rings. The van der Waals surface area contributed by atoms with Gasteiger partial charge in [0.2, 0.25) is 0 Å². The van der Waals surface area contributed by atoms with Crippen molar-refractivity contribution in [1.82, 2.24) is 0 Å². The van der Waals surface area contributed by atoms with Crippen LogP contribution in [-0.4, -0.2) is 6.21 Å². The molecule has 0 aromatic heterocycles. The second-order valence-electron chi connectivity index (χ2n) is 0.573. The fraction of sp³-hybridized carbons (Fsp3) is 0.250. The summed E-state index contributed by atoms with van der Waals surface area (Å²) in [6.45, 7) is 1.82. The molecule has 32 valence electrons. The highest BCUT2D eigenvalue weighted by Gasteiger charge is 1.58. The molecule has 0 aliphatic carbocycles. The van der Waals surface area contributed by atoms with Crippen LogP contribution in [0.3, 0.4) is 0 Å². The van der Waals surface area contributed by atoms with E-state index >= 15 is 0 Å². The number of hydrogen-bond acceptors (Lipinski definition) is 2. The van der Waals surface area contributed by atoms with Gasteiger partial charge in [0.15, 0.2) is 0 Å². The molecule has 0 rings (SSSR count). The van der Waals surface area contributed by atoms with Gasteiger partial charge >= 0.3 is 0 Å². The summed E-state index contributed by atoms with van der Waals surface area (Å²) >= 11 is 1.11. The predicted molar refractivity (Wildman–Crippen MR) is 30.6 cm³/mol. The first-order valence-electron chi connectivity index (χ1n) is 1.51. The van der Waals surface area contributed by atoms with E-state index < -0.39 is 0 Å². The fourth-order valence-electron chi connectivity index (χ4n) is 0.0831. The van der Waals surface area contributed by atoms with Gasteiger partial charge in [0, 0.05) is 6.21 Å². The van der Waals surface area contributed by atoms with Gasteiger partial charge in [-0.25, -0.2) is 4.40 Å². The maximum atomic E-state index is 4.81. The lowest BCUT2D eigenvalue weighted by molar-refractivity contribution is 1.89. The van der Waals surface area contributed by atoms with Gasteiger partial charge in [-0.2, -0.15) is 0 Å². The molecule has 0 aliphatic heterocycles. The minimum atomic E-state index is 1.11. The Labute approximate surface area is 42.0 Å². The molecule has 0 aromatic rings. The van der Waals surface area contributed by atoms with Gasteiger partial charge in [-0.3, -0.25) is 0 Å². The molecule has 0 radical (unpaired) electrons. The summed E-state index contributed by atoms with van der Waals surface area (Å²) in [7, 11) is 0. The van der Waals surface area contributed by atoms with Crippen molar-refractivity contribution in [2.75, 3.05) is 0 Å². The minimum Gasteiger partial charge on any atom is -0.216 e. The molecule has 0 fully saturated rings. The molecule has 0 bridgehead atoms. The van der Waals surface area contributed by atoms with Crippen molar-refractivity contribution in [3.63, 3.8) is 0 Å². The predicted octanol–water partition coefficient (Wildman–Crippen LogP) is 1.32. The van der Waals surface area contributed by atoms with E-state index in [4.69, 9.17) is 6.42 Å². The van der Waals surface area contributed by atoms with Gasteiger partial charge in [0.1, 0.15) is 0 Å². The van der Waals surface area contributed by atoms with Crippen molar-refractivity contribution in [2.24, 2.45) is 4.40 Å². The van der Waals surface area contributed by atoms with Crippen molar-refractivity contribution >= 4 is 18.2 Å². The maximum absolute atomic E-state index is 4.81. The molecule has 0 heterocycles. The third-order valence-corrected chi connectivity index (χ3v) is 0.632. The summed E-state index contributed by atoms with van der Waals surface area (Å²) in [6, 6.07) is 0. The van der Waals surface area contributed by atoms with E-state index in [1.807, 2.05) is 6.92 Å². The van der Waals surface area contributed by atoms with Gasteiger partial charge in [0.05, 0.1) is 11.9 Å². The van der Waals surface area contributed by atoms with E-state index in [0.29, 0.717) is 0 Å². The van der Waals surface area contributed by atoms with Gasteiger partial charge in [-0.1, -0.05) is 0 Å². The highest BCUT2D eigenvalue weighted by molar-refractivity contribution is 8.02. The summed E-state index contributed by atoms with van der Waals surface area (Å²) in [6.07, 6.45) is 6.47. The Balaban J connectivity index is 2.92. The van der Waals surface area contributed by atoms with Crippen LogP contribution in [0.5, 0.6) is 0 Å². The standard InChI is InChI=1S/C4H5NS/c1-3-5-6-4-2/h2-3H,1H3. The van der Waals surface area contributed by atoms with Gasteiger partial charge in [0.25, 0.3) is 0 Å². The van der Waals surface area contributed by atoms with Crippen LogP contribution < -0.4 is 0 Å². The van der Waals surface area contributed by atoms with Gasteiger partial charge in [-0.15, -0.1) is 6.42 Å². The van der Waals surface area contributed by atoms with Crippen molar-refractivity contribution in [3.05, 3.63) is 0 Å². The summed E-state index contributed by atoms with van der Waals surface area (Å²) in [5, 5.41) is 2.29. The number of terminal acetylenes is 1. The summed E-state index contributed by atoms with van der Waals surface area (Å²) < 4.78 is 3.65. The molecule has 6 heavy (non-hydrogen) atoms. The topological polar surface area (TPSA) is 12.4 Å². The van der Waals surface area contributed by atoms with E-state index in [0.717, 1.165) is 11.9 Å². The fourth-order valence-corrected chi connectivity index (χ4v) is 0.249. The van der Waals surface area contributed by atoms with Crippen LogP contribution in [0.25, 0.3) is 0 Å². The average Bonchev–Trinajstić information content (AvgIpc) is 1.61. The summed E-state index contributed by atoms with van der Waals surface area (Å²) in [5.74, 6) is 0. The van der Waals surface area contributed by atoms with E-state index in [2.05, 4.69) is 9.65 Å². The Hall–Kier alpha value is -0.420. The Bertz CT molecular complexity index is 80.0. The van der Waals surface area contributed by atoms with Crippen molar-refractivity contribution in [3.8, 4) is 11.7 Å². The molecule has 0 atom stereocenters. The first-order valence-corrected chi connectivity index (χ1v) is 2.28. The normalized spacial score (nSPS) is 8.67. The smallest absolute Gasteiger partial charge is 0.0621 e. The van der Waals surface area contributed by atoms with Crippen molar-refractivity contribution < 1.29 is 0 Å². The van der Waals surface area contributed by atoms with E-state index in [9.17, 15) is 0 Å². The van der Waals surface area contributed by atoms with Crippen LogP contribution in [0.2, 0.25) is 0 Å². The Kier molecular flexibility index (Phi) is 4.26. The lowest BCUT2D eigenvalue weighted by Gasteiger charge is -1.66. The highest BCUT2D eigenvalue weighted by Crippen LogP contribution is 1.92. The van der Waals surface area contributed by atoms with Gasteiger partial charge in [-0.05, 0) is 12.2 Å². The summed E-state index contributed by atoms with van der Waals surface area (Å²) in [4.78, 5) is 0.